The molecule has 3 rings (SSSR count). The molecule has 122 valence electrons. The Kier molecular flexibility index (Phi) is 3.81. The van der Waals surface area contributed by atoms with Crippen LogP contribution in [0.5, 0.6) is 5.75 Å². The number of hydrogen-bond acceptors (Lipinski definition) is 4. The zero-order chi connectivity index (χ0) is 16.6. The van der Waals surface area contributed by atoms with Crippen molar-refractivity contribution in [2.45, 2.75) is 25.0 Å². The van der Waals surface area contributed by atoms with Gasteiger partial charge in [0.25, 0.3) is 5.91 Å². The van der Waals surface area contributed by atoms with E-state index in [2.05, 4.69) is 10.4 Å². The van der Waals surface area contributed by atoms with Gasteiger partial charge in [0.2, 0.25) is 0 Å². The number of carbonyl (C=O) groups is 1. The zero-order valence-electron chi connectivity index (χ0n) is 12.9. The maximum absolute atomic E-state index is 13.2. The van der Waals surface area contributed by atoms with E-state index in [0.717, 1.165) is 0 Å². The van der Waals surface area contributed by atoms with Crippen molar-refractivity contribution in [3.8, 4) is 5.75 Å². The lowest BCUT2D eigenvalue weighted by Gasteiger charge is -2.23. The van der Waals surface area contributed by atoms with Gasteiger partial charge in [-0.15, -0.1) is 0 Å². The number of hydrogen-bond donors (Lipinski definition) is 2. The van der Waals surface area contributed by atoms with Gasteiger partial charge in [-0.25, -0.2) is 4.39 Å². The van der Waals surface area contributed by atoms with E-state index in [1.807, 2.05) is 0 Å². The molecule has 2 aromatic rings. The fraction of sp³-hybridized carbons (Fsp3) is 0.375. The van der Waals surface area contributed by atoms with E-state index in [-0.39, 0.29) is 18.3 Å². The molecule has 2 atom stereocenters. The van der Waals surface area contributed by atoms with Crippen LogP contribution in [0.4, 0.5) is 4.39 Å². The number of nitrogens with zero attached hydrogens (tertiary/aromatic N) is 2. The Morgan fingerprint density at radius 1 is 1.61 bits per heavy atom. The number of ether oxygens (including phenoxy) is 1. The fourth-order valence-electron chi connectivity index (χ4n) is 2.54. The van der Waals surface area contributed by atoms with E-state index in [4.69, 9.17) is 4.74 Å². The van der Waals surface area contributed by atoms with Crippen LogP contribution in [0, 0.1) is 5.82 Å². The standard InChI is InChI=1S/C16H18FN3O3/c1-16(22,11-7-19-20(2)8-11)9-18-15(21)14-6-10-5-12(17)3-4-13(10)23-14/h3-5,7-8,14,22H,6,9H2,1-2H3,(H,18,21)/t14-,16+/m0/s1. The van der Waals surface area contributed by atoms with Crippen molar-refractivity contribution in [2.75, 3.05) is 6.54 Å². The molecule has 23 heavy (non-hydrogen) atoms. The summed E-state index contributed by atoms with van der Waals surface area (Å²) in [5.41, 5.74) is 0.0451. The Morgan fingerprint density at radius 3 is 3.09 bits per heavy atom. The van der Waals surface area contributed by atoms with Crippen LogP contribution in [-0.4, -0.2) is 33.4 Å². The summed E-state index contributed by atoms with van der Waals surface area (Å²) in [6.07, 6.45) is 2.85. The molecule has 0 fully saturated rings. The Hall–Kier alpha value is -2.41. The molecule has 2 heterocycles. The summed E-state index contributed by atoms with van der Waals surface area (Å²) < 4.78 is 20.3. The average molecular weight is 319 g/mol. The summed E-state index contributed by atoms with van der Waals surface area (Å²) in [5.74, 6) is -0.177. The number of rotatable bonds is 4. The Labute approximate surface area is 132 Å². The molecule has 0 saturated heterocycles. The van der Waals surface area contributed by atoms with Crippen molar-refractivity contribution in [2.24, 2.45) is 7.05 Å². The molecule has 1 amide bonds. The SMILES string of the molecule is Cn1cc([C@](C)(O)CNC(=O)[C@@H]2Cc3cc(F)ccc3O2)cn1. The number of nitrogens with one attached hydrogen (secondary N) is 1. The maximum atomic E-state index is 13.2. The van der Waals surface area contributed by atoms with E-state index in [0.29, 0.717) is 23.3 Å². The fourth-order valence-corrected chi connectivity index (χ4v) is 2.54. The highest BCUT2D eigenvalue weighted by Gasteiger charge is 2.32. The van der Waals surface area contributed by atoms with Crippen LogP contribution in [-0.2, 0) is 23.9 Å². The minimum atomic E-state index is -1.23. The summed E-state index contributed by atoms with van der Waals surface area (Å²) in [5, 5.41) is 17.1. The number of aryl methyl sites for hydroxylation is 1. The molecular weight excluding hydrogens is 301 g/mol. The summed E-state index contributed by atoms with van der Waals surface area (Å²) in [4.78, 5) is 12.2. The second kappa shape index (κ2) is 5.66. The molecule has 1 aliphatic rings. The number of aliphatic hydroxyl groups is 1. The first-order chi connectivity index (χ1) is 10.8. The van der Waals surface area contributed by atoms with Crippen LogP contribution >= 0.6 is 0 Å². The number of amides is 1. The second-order valence-corrected chi connectivity index (χ2v) is 5.96. The van der Waals surface area contributed by atoms with Crippen molar-refractivity contribution >= 4 is 5.91 Å². The van der Waals surface area contributed by atoms with Crippen LogP contribution in [0.15, 0.2) is 30.6 Å². The van der Waals surface area contributed by atoms with Gasteiger partial charge in [-0.2, -0.15) is 5.10 Å². The highest BCUT2D eigenvalue weighted by atomic mass is 19.1. The first kappa shape index (κ1) is 15.5. The molecule has 1 aromatic heterocycles. The third-order valence-electron chi connectivity index (χ3n) is 3.92. The van der Waals surface area contributed by atoms with Crippen LogP contribution < -0.4 is 10.1 Å². The molecule has 0 bridgehead atoms. The third-order valence-corrected chi connectivity index (χ3v) is 3.92. The van der Waals surface area contributed by atoms with Crippen molar-refractivity contribution < 1.29 is 19.0 Å². The molecule has 1 aromatic carbocycles. The number of benzene rings is 1. The minimum Gasteiger partial charge on any atom is -0.480 e. The van der Waals surface area contributed by atoms with Gasteiger partial charge < -0.3 is 15.2 Å². The molecule has 2 N–H and O–H groups in total. The highest BCUT2D eigenvalue weighted by Crippen LogP contribution is 2.29. The minimum absolute atomic E-state index is 0.0299. The summed E-state index contributed by atoms with van der Waals surface area (Å²) >= 11 is 0. The highest BCUT2D eigenvalue weighted by molar-refractivity contribution is 5.82. The lowest BCUT2D eigenvalue weighted by Crippen LogP contribution is -2.44. The molecular formula is C16H18FN3O3. The number of fused-ring (bicyclic) bond motifs is 1. The van der Waals surface area contributed by atoms with Gasteiger partial charge in [0.15, 0.2) is 6.10 Å². The van der Waals surface area contributed by atoms with Crippen LogP contribution in [0.25, 0.3) is 0 Å². The molecule has 0 saturated carbocycles. The van der Waals surface area contributed by atoms with Gasteiger partial charge in [-0.05, 0) is 25.1 Å². The molecule has 6 nitrogen and oxygen atoms in total. The largest absolute Gasteiger partial charge is 0.480 e. The number of aromatic nitrogens is 2. The van der Waals surface area contributed by atoms with E-state index < -0.39 is 11.7 Å². The predicted octanol–water partition coefficient (Wildman–Crippen LogP) is 0.887. The van der Waals surface area contributed by atoms with Crippen LogP contribution in [0.3, 0.4) is 0 Å². The first-order valence-corrected chi connectivity index (χ1v) is 7.29. The van der Waals surface area contributed by atoms with Gasteiger partial charge in [0, 0.05) is 30.8 Å². The molecule has 0 unspecified atom stereocenters. The second-order valence-electron chi connectivity index (χ2n) is 5.96. The van der Waals surface area contributed by atoms with E-state index in [1.165, 1.54) is 18.2 Å². The maximum Gasteiger partial charge on any atom is 0.261 e. The monoisotopic (exact) mass is 319 g/mol. The smallest absolute Gasteiger partial charge is 0.261 e. The third kappa shape index (κ3) is 3.19. The number of carbonyl (C=O) groups excluding carboxylic acids is 1. The lowest BCUT2D eigenvalue weighted by molar-refractivity contribution is -0.128. The lowest BCUT2D eigenvalue weighted by atomic mass is 9.99. The quantitative estimate of drug-likeness (QED) is 0.877. The Bertz CT molecular complexity index is 742. The van der Waals surface area contributed by atoms with Crippen LogP contribution in [0.1, 0.15) is 18.1 Å². The van der Waals surface area contributed by atoms with Crippen LogP contribution in [0.2, 0.25) is 0 Å². The van der Waals surface area contributed by atoms with Gasteiger partial charge in [0.1, 0.15) is 17.2 Å². The van der Waals surface area contributed by atoms with E-state index >= 15 is 0 Å². The normalized spacial score (nSPS) is 18.9. The zero-order valence-corrected chi connectivity index (χ0v) is 12.9. The van der Waals surface area contributed by atoms with Gasteiger partial charge >= 0.3 is 0 Å². The van der Waals surface area contributed by atoms with Gasteiger partial charge in [-0.1, -0.05) is 0 Å². The van der Waals surface area contributed by atoms with Crippen molar-refractivity contribution in [3.63, 3.8) is 0 Å². The Balaban J connectivity index is 1.60. The van der Waals surface area contributed by atoms with Crippen molar-refractivity contribution in [1.29, 1.82) is 0 Å². The van der Waals surface area contributed by atoms with Crippen molar-refractivity contribution in [3.05, 3.63) is 47.5 Å². The molecule has 0 radical (unpaired) electrons. The topological polar surface area (TPSA) is 76.4 Å². The predicted molar refractivity (Wildman–Crippen MR) is 80.3 cm³/mol. The summed E-state index contributed by atoms with van der Waals surface area (Å²) in [6.45, 7) is 1.63. The van der Waals surface area contributed by atoms with E-state index in [9.17, 15) is 14.3 Å². The molecule has 0 aliphatic carbocycles. The summed E-state index contributed by atoms with van der Waals surface area (Å²) in [6, 6.07) is 4.18. The average Bonchev–Trinajstić information content (AvgIpc) is 3.11. The Morgan fingerprint density at radius 2 is 2.39 bits per heavy atom. The first-order valence-electron chi connectivity index (χ1n) is 7.29. The summed E-state index contributed by atoms with van der Waals surface area (Å²) in [7, 11) is 1.75. The number of halogens is 1. The van der Waals surface area contributed by atoms with Crippen molar-refractivity contribution in [1.82, 2.24) is 15.1 Å². The molecule has 0 spiro atoms. The molecule has 7 heteroatoms. The van der Waals surface area contributed by atoms with E-state index in [1.54, 1.807) is 31.0 Å². The molecule has 1 aliphatic heterocycles. The van der Waals surface area contributed by atoms with Gasteiger partial charge in [-0.3, -0.25) is 9.48 Å². The van der Waals surface area contributed by atoms with Gasteiger partial charge in [0.05, 0.1) is 12.7 Å².